The van der Waals surface area contributed by atoms with E-state index in [9.17, 15) is 8.42 Å². The Bertz CT molecular complexity index is 544. The number of sulfone groups is 1. The zero-order valence-electron chi connectivity index (χ0n) is 11.3. The van der Waals surface area contributed by atoms with E-state index in [1.807, 2.05) is 18.2 Å². The molecule has 0 radical (unpaired) electrons. The molecule has 2 atom stereocenters. The van der Waals surface area contributed by atoms with Crippen LogP contribution < -0.4 is 0 Å². The third kappa shape index (κ3) is 3.71. The van der Waals surface area contributed by atoms with Gasteiger partial charge in [-0.05, 0) is 30.5 Å². The lowest BCUT2D eigenvalue weighted by Gasteiger charge is -2.32. The van der Waals surface area contributed by atoms with Crippen molar-refractivity contribution in [3.63, 3.8) is 0 Å². The van der Waals surface area contributed by atoms with Crippen LogP contribution in [0.4, 0.5) is 0 Å². The van der Waals surface area contributed by atoms with Crippen molar-refractivity contribution in [2.24, 2.45) is 0 Å². The lowest BCUT2D eigenvalue weighted by Crippen LogP contribution is -2.46. The molecule has 1 aromatic rings. The van der Waals surface area contributed by atoms with Crippen LogP contribution in [0.5, 0.6) is 0 Å². The molecule has 0 spiro atoms. The quantitative estimate of drug-likeness (QED) is 0.861. The molecule has 1 saturated heterocycles. The summed E-state index contributed by atoms with van der Waals surface area (Å²) in [5, 5.41) is 0.492. The van der Waals surface area contributed by atoms with Gasteiger partial charge in [0, 0.05) is 24.7 Å². The zero-order chi connectivity index (χ0) is 14.0. The fourth-order valence-corrected chi connectivity index (χ4v) is 4.05. The van der Waals surface area contributed by atoms with Gasteiger partial charge in [0.2, 0.25) is 0 Å². The van der Waals surface area contributed by atoms with Crippen molar-refractivity contribution in [2.45, 2.75) is 25.0 Å². The molecule has 0 bridgehead atoms. The highest BCUT2D eigenvalue weighted by atomic mass is 35.5. The molecular formula is C14H20ClNO2S. The highest BCUT2D eigenvalue weighted by molar-refractivity contribution is 7.92. The number of hydrogen-bond acceptors (Lipinski definition) is 3. The highest BCUT2D eigenvalue weighted by Gasteiger charge is 2.29. The maximum absolute atomic E-state index is 11.7. The van der Waals surface area contributed by atoms with Gasteiger partial charge >= 0.3 is 0 Å². The third-order valence-electron chi connectivity index (χ3n) is 3.77. The molecule has 0 aliphatic carbocycles. The summed E-state index contributed by atoms with van der Waals surface area (Å²) in [6.07, 6.45) is 0. The molecule has 1 aliphatic heterocycles. The number of hydrogen-bond donors (Lipinski definition) is 0. The van der Waals surface area contributed by atoms with Gasteiger partial charge in [-0.3, -0.25) is 0 Å². The Hall–Kier alpha value is -0.580. The maximum atomic E-state index is 11.7. The fraction of sp³-hybridized carbons (Fsp3) is 0.571. The molecule has 2 rings (SSSR count). The largest absolute Gasteiger partial charge is 0.300 e. The Balaban J connectivity index is 1.99. The van der Waals surface area contributed by atoms with Crippen molar-refractivity contribution in [3.05, 3.63) is 34.9 Å². The molecule has 3 nitrogen and oxygen atoms in total. The predicted octanol–water partition coefficient (Wildman–Crippen LogP) is 2.56. The van der Waals surface area contributed by atoms with E-state index in [0.717, 1.165) is 11.6 Å². The minimum absolute atomic E-state index is 0.257. The molecule has 1 aliphatic rings. The first-order valence-electron chi connectivity index (χ1n) is 6.58. The van der Waals surface area contributed by atoms with Gasteiger partial charge in [-0.15, -0.1) is 0 Å². The Morgan fingerprint density at radius 2 is 2.21 bits per heavy atom. The third-order valence-corrected chi connectivity index (χ3v) is 6.13. The van der Waals surface area contributed by atoms with Crippen molar-refractivity contribution in [1.82, 2.24) is 4.90 Å². The van der Waals surface area contributed by atoms with Gasteiger partial charge in [0.15, 0.2) is 9.84 Å². The van der Waals surface area contributed by atoms with Crippen molar-refractivity contribution in [1.29, 1.82) is 0 Å². The average Bonchev–Trinajstić information content (AvgIpc) is 2.34. The Labute approximate surface area is 120 Å². The van der Waals surface area contributed by atoms with Gasteiger partial charge in [0.25, 0.3) is 0 Å². The van der Waals surface area contributed by atoms with Crippen LogP contribution in [0.25, 0.3) is 0 Å². The van der Waals surface area contributed by atoms with E-state index in [1.165, 1.54) is 5.56 Å². The SMILES string of the molecule is C[C@@H]1CN(C[C@H](C)c2cccc(Cl)c2)CCS1(=O)=O. The Kier molecular flexibility index (Phi) is 4.54. The molecule has 1 heterocycles. The van der Waals surface area contributed by atoms with E-state index in [4.69, 9.17) is 11.6 Å². The standard InChI is InChI=1S/C14H20ClNO2S/c1-11(13-4-3-5-14(15)8-13)9-16-6-7-19(17,18)12(2)10-16/h3-5,8,11-12H,6-7,9-10H2,1-2H3/t11-,12+/m0/s1. The second kappa shape index (κ2) is 5.81. The molecule has 1 aromatic carbocycles. The molecule has 0 aromatic heterocycles. The first-order valence-corrected chi connectivity index (χ1v) is 8.67. The van der Waals surface area contributed by atoms with Crippen LogP contribution >= 0.6 is 11.6 Å². The van der Waals surface area contributed by atoms with Crippen molar-refractivity contribution < 1.29 is 8.42 Å². The van der Waals surface area contributed by atoms with E-state index in [1.54, 1.807) is 6.92 Å². The molecule has 19 heavy (non-hydrogen) atoms. The number of halogens is 1. The van der Waals surface area contributed by atoms with Gasteiger partial charge in [0.05, 0.1) is 11.0 Å². The molecule has 0 N–H and O–H groups in total. The van der Waals surface area contributed by atoms with Gasteiger partial charge in [-0.25, -0.2) is 8.42 Å². The second-order valence-electron chi connectivity index (χ2n) is 5.39. The molecule has 0 amide bonds. The van der Waals surface area contributed by atoms with Crippen LogP contribution in [0, 0.1) is 0 Å². The smallest absolute Gasteiger partial charge is 0.155 e. The molecule has 1 fully saturated rings. The van der Waals surface area contributed by atoms with Gasteiger partial charge in [-0.1, -0.05) is 30.7 Å². The van der Waals surface area contributed by atoms with E-state index < -0.39 is 9.84 Å². The molecule has 0 saturated carbocycles. The van der Waals surface area contributed by atoms with Gasteiger partial charge in [-0.2, -0.15) is 0 Å². The van der Waals surface area contributed by atoms with E-state index in [2.05, 4.69) is 17.9 Å². The molecule has 5 heteroatoms. The van der Waals surface area contributed by atoms with Gasteiger partial charge < -0.3 is 4.90 Å². The van der Waals surface area contributed by atoms with Crippen LogP contribution in [0.15, 0.2) is 24.3 Å². The monoisotopic (exact) mass is 301 g/mol. The normalized spacial score (nSPS) is 25.1. The van der Waals surface area contributed by atoms with Crippen molar-refractivity contribution in [3.8, 4) is 0 Å². The summed E-state index contributed by atoms with van der Waals surface area (Å²) >= 11 is 6.00. The van der Waals surface area contributed by atoms with Crippen LogP contribution in [-0.2, 0) is 9.84 Å². The Morgan fingerprint density at radius 3 is 2.84 bits per heavy atom. The van der Waals surface area contributed by atoms with Crippen LogP contribution in [0.3, 0.4) is 0 Å². The summed E-state index contributed by atoms with van der Waals surface area (Å²) in [5.74, 6) is 0.628. The highest BCUT2D eigenvalue weighted by Crippen LogP contribution is 2.22. The number of nitrogens with zero attached hydrogens (tertiary/aromatic N) is 1. The second-order valence-corrected chi connectivity index (χ2v) is 8.37. The predicted molar refractivity (Wildman–Crippen MR) is 79.6 cm³/mol. The van der Waals surface area contributed by atoms with Crippen LogP contribution in [0.1, 0.15) is 25.3 Å². The summed E-state index contributed by atoms with van der Waals surface area (Å²) in [7, 11) is -2.86. The summed E-state index contributed by atoms with van der Waals surface area (Å²) in [4.78, 5) is 2.23. The van der Waals surface area contributed by atoms with Crippen molar-refractivity contribution in [2.75, 3.05) is 25.4 Å². The zero-order valence-corrected chi connectivity index (χ0v) is 12.9. The minimum Gasteiger partial charge on any atom is -0.300 e. The lowest BCUT2D eigenvalue weighted by molar-refractivity contribution is 0.265. The first kappa shape index (κ1) is 14.8. The lowest BCUT2D eigenvalue weighted by atomic mass is 10.0. The van der Waals surface area contributed by atoms with E-state index in [0.29, 0.717) is 19.0 Å². The van der Waals surface area contributed by atoms with Crippen LogP contribution in [0.2, 0.25) is 5.02 Å². The van der Waals surface area contributed by atoms with Crippen molar-refractivity contribution >= 4 is 21.4 Å². The molecule has 0 unspecified atom stereocenters. The minimum atomic E-state index is -2.86. The first-order chi connectivity index (χ1) is 8.88. The fourth-order valence-electron chi connectivity index (χ4n) is 2.50. The average molecular weight is 302 g/mol. The van der Waals surface area contributed by atoms with Crippen LogP contribution in [-0.4, -0.2) is 44.0 Å². The van der Waals surface area contributed by atoms with E-state index in [-0.39, 0.29) is 11.0 Å². The molecule has 106 valence electrons. The number of benzene rings is 1. The topological polar surface area (TPSA) is 37.4 Å². The Morgan fingerprint density at radius 1 is 1.47 bits per heavy atom. The van der Waals surface area contributed by atoms with Gasteiger partial charge in [0.1, 0.15) is 0 Å². The van der Waals surface area contributed by atoms with E-state index >= 15 is 0 Å². The summed E-state index contributed by atoms with van der Waals surface area (Å²) in [5.41, 5.74) is 1.20. The maximum Gasteiger partial charge on any atom is 0.155 e. The molecular weight excluding hydrogens is 282 g/mol. The summed E-state index contributed by atoms with van der Waals surface area (Å²) < 4.78 is 23.4. The summed E-state index contributed by atoms with van der Waals surface area (Å²) in [6.45, 7) is 6.09. The number of rotatable bonds is 3. The summed E-state index contributed by atoms with van der Waals surface area (Å²) in [6, 6.07) is 7.88.